The number of benzene rings is 2. The van der Waals surface area contributed by atoms with E-state index in [9.17, 15) is 13.2 Å². The minimum absolute atomic E-state index is 0.170. The molecule has 0 saturated heterocycles. The highest BCUT2D eigenvalue weighted by Crippen LogP contribution is 2.31. The van der Waals surface area contributed by atoms with E-state index in [0.717, 1.165) is 17.4 Å². The fraction of sp³-hybridized carbons (Fsp3) is 0.316. The van der Waals surface area contributed by atoms with Gasteiger partial charge < -0.3 is 14.8 Å². The third-order valence-corrected chi connectivity index (χ3v) is 4.44. The smallest absolute Gasteiger partial charge is 0.408 e. The van der Waals surface area contributed by atoms with E-state index in [2.05, 4.69) is 10.0 Å². The second-order valence-corrected chi connectivity index (χ2v) is 8.35. The van der Waals surface area contributed by atoms with Gasteiger partial charge in [-0.1, -0.05) is 36.4 Å². The van der Waals surface area contributed by atoms with Gasteiger partial charge in [-0.15, -0.1) is 0 Å². The summed E-state index contributed by atoms with van der Waals surface area (Å²) in [5, 5.41) is 2.81. The van der Waals surface area contributed by atoms with Crippen molar-refractivity contribution in [3.8, 4) is 5.75 Å². The van der Waals surface area contributed by atoms with Crippen molar-refractivity contribution in [1.29, 1.82) is 0 Å². The Bertz CT molecular complexity index is 896. The van der Waals surface area contributed by atoms with Crippen molar-refractivity contribution < 1.29 is 22.7 Å². The minimum Gasteiger partial charge on any atom is -0.495 e. The molecule has 0 bridgehead atoms. The molecule has 0 aliphatic heterocycles. The molecule has 0 aromatic heterocycles. The summed E-state index contributed by atoms with van der Waals surface area (Å²) in [6.07, 6.45) is 0.510. The fourth-order valence-corrected chi connectivity index (χ4v) is 3.02. The topological polar surface area (TPSA) is 93.7 Å². The molecule has 2 aromatic carbocycles. The van der Waals surface area contributed by atoms with Crippen LogP contribution in [0.4, 0.5) is 10.5 Å². The molecule has 27 heavy (non-hydrogen) atoms. The quantitative estimate of drug-likeness (QED) is 0.754. The van der Waals surface area contributed by atoms with Crippen molar-refractivity contribution in [2.75, 3.05) is 18.1 Å². The van der Waals surface area contributed by atoms with Crippen LogP contribution >= 0.6 is 0 Å². The van der Waals surface area contributed by atoms with Crippen LogP contribution in [0.2, 0.25) is 0 Å². The van der Waals surface area contributed by atoms with Crippen LogP contribution in [0.5, 0.6) is 5.75 Å². The van der Waals surface area contributed by atoms with Crippen molar-refractivity contribution >= 4 is 21.8 Å². The predicted molar refractivity (Wildman–Crippen MR) is 104 cm³/mol. The zero-order valence-corrected chi connectivity index (χ0v) is 16.6. The van der Waals surface area contributed by atoms with Crippen molar-refractivity contribution in [3.63, 3.8) is 0 Å². The summed E-state index contributed by atoms with van der Waals surface area (Å²) in [5.74, 6) is 0.352. The molecule has 0 heterocycles. The Labute approximate surface area is 159 Å². The molecule has 2 N–H and O–H groups in total. The van der Waals surface area contributed by atoms with Crippen LogP contribution in [0.3, 0.4) is 0 Å². The van der Waals surface area contributed by atoms with Crippen LogP contribution in [0.15, 0.2) is 48.5 Å². The number of rotatable bonds is 7. The summed E-state index contributed by atoms with van der Waals surface area (Å²) >= 11 is 0. The largest absolute Gasteiger partial charge is 0.495 e. The number of anilines is 1. The van der Waals surface area contributed by atoms with E-state index in [1.165, 1.54) is 7.11 Å². The van der Waals surface area contributed by atoms with Crippen molar-refractivity contribution in [2.45, 2.75) is 26.0 Å². The molecular weight excluding hydrogens is 368 g/mol. The highest BCUT2D eigenvalue weighted by molar-refractivity contribution is 7.92. The maximum atomic E-state index is 12.2. The lowest BCUT2D eigenvalue weighted by molar-refractivity contribution is 0.129. The van der Waals surface area contributed by atoms with E-state index in [0.29, 0.717) is 11.4 Å². The summed E-state index contributed by atoms with van der Waals surface area (Å²) in [5.41, 5.74) is 1.19. The number of ether oxygens (including phenoxy) is 2. The summed E-state index contributed by atoms with van der Waals surface area (Å²) in [6, 6.07) is 14.4. The van der Waals surface area contributed by atoms with E-state index < -0.39 is 21.7 Å². The fourth-order valence-electron chi connectivity index (χ4n) is 2.45. The lowest BCUT2D eigenvalue weighted by Gasteiger charge is -2.27. The third kappa shape index (κ3) is 6.18. The second kappa shape index (κ2) is 8.30. The molecule has 0 aliphatic carbocycles. The van der Waals surface area contributed by atoms with Gasteiger partial charge in [-0.25, -0.2) is 13.2 Å². The van der Waals surface area contributed by atoms with Gasteiger partial charge in [-0.2, -0.15) is 0 Å². The Morgan fingerprint density at radius 1 is 1.11 bits per heavy atom. The monoisotopic (exact) mass is 392 g/mol. The molecule has 0 spiro atoms. The Kier molecular flexibility index (Phi) is 6.32. The van der Waals surface area contributed by atoms with Crippen LogP contribution in [-0.2, 0) is 26.9 Å². The number of sulfonamides is 1. The van der Waals surface area contributed by atoms with Crippen LogP contribution in [0, 0.1) is 0 Å². The molecule has 2 rings (SSSR count). The van der Waals surface area contributed by atoms with Crippen LogP contribution < -0.4 is 14.8 Å². The Balaban J connectivity index is 2.09. The summed E-state index contributed by atoms with van der Waals surface area (Å²) in [7, 11) is -1.98. The summed E-state index contributed by atoms with van der Waals surface area (Å²) in [6.45, 7) is 3.80. The molecule has 0 atom stereocenters. The number of amides is 1. The van der Waals surface area contributed by atoms with E-state index >= 15 is 0 Å². The van der Waals surface area contributed by atoms with Gasteiger partial charge in [0, 0.05) is 0 Å². The lowest BCUT2D eigenvalue weighted by atomic mass is 9.94. The minimum atomic E-state index is -3.43. The van der Waals surface area contributed by atoms with Gasteiger partial charge in [0.2, 0.25) is 10.0 Å². The highest BCUT2D eigenvalue weighted by atomic mass is 32.2. The maximum absolute atomic E-state index is 12.2. The maximum Gasteiger partial charge on any atom is 0.408 e. The first-order chi connectivity index (χ1) is 12.6. The van der Waals surface area contributed by atoms with E-state index in [-0.39, 0.29) is 6.61 Å². The first-order valence-electron chi connectivity index (χ1n) is 8.26. The molecule has 8 heteroatoms. The second-order valence-electron chi connectivity index (χ2n) is 6.60. The van der Waals surface area contributed by atoms with Crippen molar-refractivity contribution in [3.05, 3.63) is 59.7 Å². The van der Waals surface area contributed by atoms with E-state index in [4.69, 9.17) is 9.47 Å². The Hall–Kier alpha value is -2.74. The molecule has 0 radical (unpaired) electrons. The normalized spacial score (nSPS) is 11.6. The molecule has 1 amide bonds. The Morgan fingerprint density at radius 3 is 2.37 bits per heavy atom. The molecule has 2 aromatic rings. The molecule has 0 saturated carbocycles. The SMILES string of the molecule is COc1cc(C(C)(C)NC(=O)OCc2ccccc2)ccc1NS(C)(=O)=O. The average Bonchev–Trinajstić information content (AvgIpc) is 2.59. The van der Waals surface area contributed by atoms with Crippen LogP contribution in [0.1, 0.15) is 25.0 Å². The summed E-state index contributed by atoms with van der Waals surface area (Å²) in [4.78, 5) is 12.2. The molecule has 0 fully saturated rings. The van der Waals surface area contributed by atoms with Gasteiger partial charge in [0.25, 0.3) is 0 Å². The van der Waals surface area contributed by atoms with Gasteiger partial charge in [0.1, 0.15) is 12.4 Å². The van der Waals surface area contributed by atoms with Crippen LogP contribution in [0.25, 0.3) is 0 Å². The predicted octanol–water partition coefficient (Wildman–Crippen LogP) is 3.23. The van der Waals surface area contributed by atoms with Gasteiger partial charge in [0.05, 0.1) is 24.6 Å². The number of carbonyl (C=O) groups excluding carboxylic acids is 1. The lowest BCUT2D eigenvalue weighted by Crippen LogP contribution is -2.41. The molecule has 146 valence electrons. The number of hydrogen-bond acceptors (Lipinski definition) is 5. The zero-order chi connectivity index (χ0) is 20.1. The first-order valence-corrected chi connectivity index (χ1v) is 10.1. The first kappa shape index (κ1) is 20.6. The molecule has 7 nitrogen and oxygen atoms in total. The number of hydrogen-bond donors (Lipinski definition) is 2. The standard InChI is InChI=1S/C19H24N2O5S/c1-19(2,20-18(22)26-13-14-8-6-5-7-9-14)15-10-11-16(17(12-15)25-3)21-27(4,23)24/h5-12,21H,13H2,1-4H3,(H,20,22). The molecule has 0 unspecified atom stereocenters. The van der Waals surface area contributed by atoms with Gasteiger partial charge >= 0.3 is 6.09 Å². The number of alkyl carbamates (subject to hydrolysis) is 1. The van der Waals surface area contributed by atoms with Crippen molar-refractivity contribution in [1.82, 2.24) is 5.32 Å². The van der Waals surface area contributed by atoms with E-state index in [1.54, 1.807) is 18.2 Å². The number of nitrogens with one attached hydrogen (secondary N) is 2. The van der Waals surface area contributed by atoms with E-state index in [1.807, 2.05) is 44.2 Å². The third-order valence-electron chi connectivity index (χ3n) is 3.85. The molecule has 0 aliphatic rings. The summed E-state index contributed by atoms with van der Waals surface area (Å²) < 4.78 is 35.8. The van der Waals surface area contributed by atoms with Gasteiger partial charge in [0.15, 0.2) is 0 Å². The highest BCUT2D eigenvalue weighted by Gasteiger charge is 2.25. The average molecular weight is 392 g/mol. The Morgan fingerprint density at radius 2 is 1.78 bits per heavy atom. The van der Waals surface area contributed by atoms with Crippen molar-refractivity contribution in [2.24, 2.45) is 0 Å². The van der Waals surface area contributed by atoms with Crippen LogP contribution in [-0.4, -0.2) is 27.9 Å². The van der Waals surface area contributed by atoms with Gasteiger partial charge in [-0.3, -0.25) is 4.72 Å². The number of methoxy groups -OCH3 is 1. The van der Waals surface area contributed by atoms with Gasteiger partial charge in [-0.05, 0) is 37.1 Å². The zero-order valence-electron chi connectivity index (χ0n) is 15.8. The molecular formula is C19H24N2O5S. The number of carbonyl (C=O) groups is 1.